The second-order valence-electron chi connectivity index (χ2n) is 5.08. The van der Waals surface area contributed by atoms with Crippen LogP contribution in [-0.2, 0) is 0 Å². The van der Waals surface area contributed by atoms with Gasteiger partial charge >= 0.3 is 0 Å². The quantitative estimate of drug-likeness (QED) is 0.862. The Morgan fingerprint density at radius 2 is 2.21 bits per heavy atom. The molecular weight excluding hydrogens is 242 g/mol. The maximum Gasteiger partial charge on any atom is 0.255 e. The fourth-order valence-corrected chi connectivity index (χ4v) is 2.65. The van der Waals surface area contributed by atoms with Crippen molar-refractivity contribution in [3.05, 3.63) is 24.0 Å². The maximum atomic E-state index is 12.4. The molecule has 0 bridgehead atoms. The van der Waals surface area contributed by atoms with Crippen molar-refractivity contribution in [1.29, 1.82) is 0 Å². The molecule has 19 heavy (non-hydrogen) atoms. The lowest BCUT2D eigenvalue weighted by Crippen LogP contribution is -2.54. The van der Waals surface area contributed by atoms with Crippen LogP contribution in [0.5, 0.6) is 5.75 Å². The Morgan fingerprint density at radius 3 is 2.84 bits per heavy atom. The van der Waals surface area contributed by atoms with Crippen LogP contribution in [0.2, 0.25) is 0 Å². The maximum absolute atomic E-state index is 12.4. The summed E-state index contributed by atoms with van der Waals surface area (Å²) in [6, 6.07) is 1.67. The van der Waals surface area contributed by atoms with Crippen molar-refractivity contribution in [2.24, 2.45) is 5.73 Å². The normalized spacial score (nSPS) is 17.8. The summed E-state index contributed by atoms with van der Waals surface area (Å²) >= 11 is 0. The van der Waals surface area contributed by atoms with Crippen molar-refractivity contribution in [2.75, 3.05) is 13.7 Å². The molecule has 0 radical (unpaired) electrons. The largest absolute Gasteiger partial charge is 0.494 e. The lowest BCUT2D eigenvalue weighted by molar-refractivity contribution is 0.0871. The number of pyridine rings is 1. The summed E-state index contributed by atoms with van der Waals surface area (Å²) in [7, 11) is 1.53. The first-order valence-corrected chi connectivity index (χ1v) is 6.71. The Bertz CT molecular complexity index is 442. The third-order valence-electron chi connectivity index (χ3n) is 3.83. The summed E-state index contributed by atoms with van der Waals surface area (Å²) in [5.74, 6) is 0.356. The van der Waals surface area contributed by atoms with Crippen LogP contribution in [0.1, 0.15) is 42.5 Å². The molecule has 0 spiro atoms. The molecule has 0 atom stereocenters. The fourth-order valence-electron chi connectivity index (χ4n) is 2.65. The minimum absolute atomic E-state index is 0.133. The molecule has 0 saturated heterocycles. The molecule has 1 fully saturated rings. The van der Waals surface area contributed by atoms with Crippen LogP contribution in [0.3, 0.4) is 0 Å². The van der Waals surface area contributed by atoms with E-state index in [1.165, 1.54) is 13.5 Å². The molecule has 0 aliphatic heterocycles. The lowest BCUT2D eigenvalue weighted by atomic mass is 9.81. The van der Waals surface area contributed by atoms with E-state index in [9.17, 15) is 4.79 Å². The van der Waals surface area contributed by atoms with Gasteiger partial charge in [0.25, 0.3) is 5.91 Å². The van der Waals surface area contributed by atoms with Gasteiger partial charge in [-0.05, 0) is 18.9 Å². The molecule has 1 aromatic rings. The van der Waals surface area contributed by atoms with Crippen LogP contribution in [0.15, 0.2) is 18.5 Å². The number of rotatable bonds is 4. The minimum atomic E-state index is -0.260. The van der Waals surface area contributed by atoms with Crippen molar-refractivity contribution in [3.8, 4) is 5.75 Å². The molecule has 5 nitrogen and oxygen atoms in total. The van der Waals surface area contributed by atoms with Crippen LogP contribution in [0, 0.1) is 0 Å². The van der Waals surface area contributed by atoms with Gasteiger partial charge in [-0.25, -0.2) is 0 Å². The number of carbonyl (C=O) groups is 1. The highest BCUT2D eigenvalue weighted by Crippen LogP contribution is 2.28. The van der Waals surface area contributed by atoms with Gasteiger partial charge in [-0.3, -0.25) is 9.78 Å². The number of nitrogens with zero attached hydrogens (tertiary/aromatic N) is 1. The van der Waals surface area contributed by atoms with Gasteiger partial charge in [0.1, 0.15) is 5.75 Å². The average Bonchev–Trinajstić information content (AvgIpc) is 2.48. The molecule has 3 N–H and O–H groups in total. The smallest absolute Gasteiger partial charge is 0.255 e. The zero-order chi connectivity index (χ0) is 13.7. The van der Waals surface area contributed by atoms with Gasteiger partial charge in [-0.15, -0.1) is 0 Å². The van der Waals surface area contributed by atoms with Crippen molar-refractivity contribution in [1.82, 2.24) is 10.3 Å². The van der Waals surface area contributed by atoms with E-state index in [-0.39, 0.29) is 11.4 Å². The highest BCUT2D eigenvalue weighted by molar-refractivity contribution is 5.97. The van der Waals surface area contributed by atoms with Gasteiger partial charge in [0.05, 0.1) is 24.4 Å². The predicted molar refractivity (Wildman–Crippen MR) is 73.1 cm³/mol. The van der Waals surface area contributed by atoms with Gasteiger partial charge in [0.15, 0.2) is 0 Å². The van der Waals surface area contributed by atoms with E-state index in [0.717, 1.165) is 25.7 Å². The first-order valence-electron chi connectivity index (χ1n) is 6.71. The number of carbonyl (C=O) groups excluding carboxylic acids is 1. The van der Waals surface area contributed by atoms with Crippen molar-refractivity contribution in [2.45, 2.75) is 37.6 Å². The third-order valence-corrected chi connectivity index (χ3v) is 3.83. The monoisotopic (exact) mass is 263 g/mol. The van der Waals surface area contributed by atoms with E-state index in [1.54, 1.807) is 18.5 Å². The standard InChI is InChI=1S/C14H21N3O2/c1-19-12-9-16-8-5-11(12)13(18)17-14(10-15)6-3-2-4-7-14/h5,8-9H,2-4,6-7,10,15H2,1H3,(H,17,18). The van der Waals surface area contributed by atoms with Crippen LogP contribution in [-0.4, -0.2) is 30.1 Å². The average molecular weight is 263 g/mol. The number of methoxy groups -OCH3 is 1. The number of hydrogen-bond acceptors (Lipinski definition) is 4. The third kappa shape index (κ3) is 3.04. The van der Waals surface area contributed by atoms with Gasteiger partial charge < -0.3 is 15.8 Å². The molecule has 2 rings (SSSR count). The van der Waals surface area contributed by atoms with E-state index in [1.807, 2.05) is 0 Å². The Kier molecular flexibility index (Phi) is 4.37. The summed E-state index contributed by atoms with van der Waals surface area (Å²) in [5.41, 5.74) is 6.13. The Labute approximate surface area is 113 Å². The molecule has 1 aliphatic carbocycles. The van der Waals surface area contributed by atoms with Crippen LogP contribution in [0.25, 0.3) is 0 Å². The van der Waals surface area contributed by atoms with Gasteiger partial charge in [0.2, 0.25) is 0 Å². The Balaban J connectivity index is 2.15. The molecule has 104 valence electrons. The second-order valence-corrected chi connectivity index (χ2v) is 5.08. The Morgan fingerprint density at radius 1 is 1.47 bits per heavy atom. The topological polar surface area (TPSA) is 77.2 Å². The van der Waals surface area contributed by atoms with E-state index >= 15 is 0 Å². The van der Waals surface area contributed by atoms with Crippen LogP contribution in [0.4, 0.5) is 0 Å². The fraction of sp³-hybridized carbons (Fsp3) is 0.571. The number of nitrogens with two attached hydrogens (primary N) is 1. The molecule has 1 aromatic heterocycles. The first kappa shape index (κ1) is 13.8. The zero-order valence-corrected chi connectivity index (χ0v) is 11.3. The molecule has 1 aliphatic rings. The minimum Gasteiger partial charge on any atom is -0.494 e. The predicted octanol–water partition coefficient (Wildman–Crippen LogP) is 1.48. The molecule has 1 heterocycles. The highest BCUT2D eigenvalue weighted by Gasteiger charge is 2.32. The van der Waals surface area contributed by atoms with E-state index in [4.69, 9.17) is 10.5 Å². The summed E-state index contributed by atoms with van der Waals surface area (Å²) in [5, 5.41) is 3.10. The molecule has 1 amide bonds. The molecule has 0 aromatic carbocycles. The van der Waals surface area contributed by atoms with Crippen molar-refractivity contribution >= 4 is 5.91 Å². The van der Waals surface area contributed by atoms with Crippen LogP contribution < -0.4 is 15.8 Å². The second kappa shape index (κ2) is 6.02. The van der Waals surface area contributed by atoms with Crippen molar-refractivity contribution in [3.63, 3.8) is 0 Å². The SMILES string of the molecule is COc1cnccc1C(=O)NC1(CN)CCCCC1. The summed E-state index contributed by atoms with van der Waals surface area (Å²) < 4.78 is 5.17. The summed E-state index contributed by atoms with van der Waals surface area (Å²) in [6.45, 7) is 0.478. The van der Waals surface area contributed by atoms with E-state index < -0.39 is 0 Å². The molecule has 1 saturated carbocycles. The lowest BCUT2D eigenvalue weighted by Gasteiger charge is -2.37. The molecular formula is C14H21N3O2. The number of hydrogen-bond donors (Lipinski definition) is 2. The van der Waals surface area contributed by atoms with Gasteiger partial charge in [-0.1, -0.05) is 19.3 Å². The first-order chi connectivity index (χ1) is 9.21. The molecule has 5 heteroatoms. The molecule has 0 unspecified atom stereocenters. The van der Waals surface area contributed by atoms with Crippen LogP contribution >= 0.6 is 0 Å². The number of nitrogens with one attached hydrogen (secondary N) is 1. The van der Waals surface area contributed by atoms with Crippen molar-refractivity contribution < 1.29 is 9.53 Å². The summed E-state index contributed by atoms with van der Waals surface area (Å²) in [4.78, 5) is 16.3. The van der Waals surface area contributed by atoms with Gasteiger partial charge in [-0.2, -0.15) is 0 Å². The number of amides is 1. The van der Waals surface area contributed by atoms with E-state index in [0.29, 0.717) is 17.9 Å². The Hall–Kier alpha value is -1.62. The zero-order valence-electron chi connectivity index (χ0n) is 11.3. The highest BCUT2D eigenvalue weighted by atomic mass is 16.5. The number of ether oxygens (including phenoxy) is 1. The summed E-state index contributed by atoms with van der Waals surface area (Å²) in [6.07, 6.45) is 8.48. The van der Waals surface area contributed by atoms with E-state index in [2.05, 4.69) is 10.3 Å². The number of aromatic nitrogens is 1. The van der Waals surface area contributed by atoms with Gasteiger partial charge in [0, 0.05) is 12.7 Å².